The zero-order valence-corrected chi connectivity index (χ0v) is 16.4. The van der Waals surface area contributed by atoms with Crippen molar-refractivity contribution in [1.82, 2.24) is 9.97 Å². The highest BCUT2D eigenvalue weighted by Crippen LogP contribution is 2.27. The Morgan fingerprint density at radius 3 is 2.42 bits per heavy atom. The van der Waals surface area contributed by atoms with Gasteiger partial charge in [-0.2, -0.15) is 0 Å². The lowest BCUT2D eigenvalue weighted by molar-refractivity contribution is 0.238. The molecule has 0 aromatic carbocycles. The van der Waals surface area contributed by atoms with Crippen LogP contribution in [0.15, 0.2) is 30.5 Å². The summed E-state index contributed by atoms with van der Waals surface area (Å²) in [6.45, 7) is 13.2. The minimum absolute atomic E-state index is 0.406. The van der Waals surface area contributed by atoms with Gasteiger partial charge in [-0.15, -0.1) is 0 Å². The lowest BCUT2D eigenvalue weighted by Crippen LogP contribution is -2.11. The van der Waals surface area contributed by atoms with Gasteiger partial charge in [0.15, 0.2) is 10.9 Å². The van der Waals surface area contributed by atoms with Crippen LogP contribution in [0.5, 0.6) is 5.75 Å². The highest BCUT2D eigenvalue weighted by atomic mass is 35.5. The average Bonchev–Trinajstić information content (AvgIpc) is 2.55. The minimum Gasteiger partial charge on any atom is -0.490 e. The molecule has 0 aliphatic rings. The van der Waals surface area contributed by atoms with Crippen LogP contribution in [0, 0.1) is 18.8 Å². The molecule has 0 N–H and O–H groups in total. The molecule has 24 heavy (non-hydrogen) atoms. The summed E-state index contributed by atoms with van der Waals surface area (Å²) in [6, 6.07) is 7.74. The molecular weight excluding hydrogens is 320 g/mol. The van der Waals surface area contributed by atoms with Gasteiger partial charge in [0, 0.05) is 17.5 Å². The molecule has 0 radical (unpaired) electrons. The number of hydrogen-bond acceptors (Lipinski definition) is 3. The van der Waals surface area contributed by atoms with Gasteiger partial charge in [-0.3, -0.25) is 4.98 Å². The first-order valence-electron chi connectivity index (χ1n) is 8.68. The van der Waals surface area contributed by atoms with E-state index in [2.05, 4.69) is 30.7 Å². The van der Waals surface area contributed by atoms with E-state index < -0.39 is 0 Å². The van der Waals surface area contributed by atoms with Gasteiger partial charge in [0.25, 0.3) is 0 Å². The lowest BCUT2D eigenvalue weighted by atomic mass is 10.00. The van der Waals surface area contributed by atoms with Crippen LogP contribution in [0.4, 0.5) is 0 Å². The number of nitrogens with zero attached hydrogens (tertiary/aromatic N) is 2. The fraction of sp³-hybridized carbons (Fsp3) is 0.500. The molecule has 1 atom stereocenters. The number of aryl methyl sites for hydroxylation is 1. The molecule has 2 aromatic rings. The lowest BCUT2D eigenvalue weighted by Gasteiger charge is -2.15. The Balaban J connectivity index is 0.00000139. The summed E-state index contributed by atoms with van der Waals surface area (Å²) in [5, 5.41) is 0.406. The maximum Gasteiger partial charge on any atom is 0.171 e. The normalized spacial score (nSPS) is 11.7. The Morgan fingerprint density at radius 1 is 1.12 bits per heavy atom. The van der Waals surface area contributed by atoms with Crippen LogP contribution in [0.1, 0.15) is 46.7 Å². The summed E-state index contributed by atoms with van der Waals surface area (Å²) in [4.78, 5) is 8.63. The molecule has 0 fully saturated rings. The SMILES string of the molecule is CC.Cc1cc(-c2ccc(OCC(C)CC(C)C)c(Cl)n2)ccn1. The number of ether oxygens (including phenoxy) is 1. The van der Waals surface area contributed by atoms with Gasteiger partial charge >= 0.3 is 0 Å². The molecule has 1 unspecified atom stereocenters. The molecule has 3 nitrogen and oxygen atoms in total. The van der Waals surface area contributed by atoms with E-state index in [-0.39, 0.29) is 0 Å². The van der Waals surface area contributed by atoms with Crippen molar-refractivity contribution in [2.24, 2.45) is 11.8 Å². The van der Waals surface area contributed by atoms with Crippen LogP contribution >= 0.6 is 11.6 Å². The van der Waals surface area contributed by atoms with E-state index in [9.17, 15) is 0 Å². The van der Waals surface area contributed by atoms with Gasteiger partial charge in [0.05, 0.1) is 12.3 Å². The molecule has 0 aliphatic carbocycles. The molecule has 2 rings (SSSR count). The summed E-state index contributed by atoms with van der Waals surface area (Å²) in [5.41, 5.74) is 2.80. The maximum absolute atomic E-state index is 6.26. The molecular formula is C20H29ClN2O. The van der Waals surface area contributed by atoms with Crippen molar-refractivity contribution in [2.75, 3.05) is 6.61 Å². The third-order valence-corrected chi connectivity index (χ3v) is 3.67. The van der Waals surface area contributed by atoms with Gasteiger partial charge in [-0.1, -0.05) is 46.2 Å². The van der Waals surface area contributed by atoms with E-state index in [0.29, 0.717) is 29.3 Å². The Morgan fingerprint density at radius 2 is 1.83 bits per heavy atom. The molecule has 0 spiro atoms. The zero-order valence-electron chi connectivity index (χ0n) is 15.6. The van der Waals surface area contributed by atoms with Crippen molar-refractivity contribution in [1.29, 1.82) is 0 Å². The first kappa shape index (κ1) is 20.4. The summed E-state index contributed by atoms with van der Waals surface area (Å²) < 4.78 is 5.81. The second-order valence-corrected chi connectivity index (χ2v) is 6.58. The predicted octanol–water partition coefficient (Wildman–Crippen LogP) is 6.19. The van der Waals surface area contributed by atoms with Gasteiger partial charge in [0.2, 0.25) is 0 Å². The van der Waals surface area contributed by atoms with E-state index in [1.54, 1.807) is 6.20 Å². The second-order valence-electron chi connectivity index (χ2n) is 6.22. The van der Waals surface area contributed by atoms with Crippen LogP contribution in [-0.2, 0) is 0 Å². The fourth-order valence-corrected chi connectivity index (χ4v) is 2.71. The highest BCUT2D eigenvalue weighted by molar-refractivity contribution is 6.30. The first-order chi connectivity index (χ1) is 11.5. The van der Waals surface area contributed by atoms with Crippen LogP contribution in [0.25, 0.3) is 11.3 Å². The first-order valence-corrected chi connectivity index (χ1v) is 9.06. The quantitative estimate of drug-likeness (QED) is 0.583. The Labute approximate surface area is 151 Å². The van der Waals surface area contributed by atoms with E-state index in [1.165, 1.54) is 0 Å². The molecule has 0 saturated carbocycles. The smallest absolute Gasteiger partial charge is 0.171 e. The zero-order chi connectivity index (χ0) is 18.1. The van der Waals surface area contributed by atoms with Crippen molar-refractivity contribution < 1.29 is 4.74 Å². The Kier molecular flexibility index (Phi) is 8.77. The molecule has 0 aliphatic heterocycles. The van der Waals surface area contributed by atoms with Crippen LogP contribution < -0.4 is 4.74 Å². The molecule has 0 amide bonds. The van der Waals surface area contributed by atoms with Crippen molar-refractivity contribution in [3.8, 4) is 17.0 Å². The van der Waals surface area contributed by atoms with Crippen molar-refractivity contribution >= 4 is 11.6 Å². The largest absolute Gasteiger partial charge is 0.490 e. The molecule has 2 heterocycles. The van der Waals surface area contributed by atoms with Crippen LogP contribution in [0.2, 0.25) is 5.15 Å². The highest BCUT2D eigenvalue weighted by Gasteiger charge is 2.10. The third-order valence-electron chi connectivity index (χ3n) is 3.40. The minimum atomic E-state index is 0.406. The second kappa shape index (κ2) is 10.3. The number of halogens is 1. The van der Waals surface area contributed by atoms with Crippen molar-refractivity contribution in [3.05, 3.63) is 41.3 Å². The molecule has 2 aromatic heterocycles. The van der Waals surface area contributed by atoms with E-state index in [4.69, 9.17) is 16.3 Å². The van der Waals surface area contributed by atoms with Crippen molar-refractivity contribution in [3.63, 3.8) is 0 Å². The third kappa shape index (κ3) is 6.48. The predicted molar refractivity (Wildman–Crippen MR) is 103 cm³/mol. The summed E-state index contributed by atoms with van der Waals surface area (Å²) in [5.74, 6) is 1.81. The molecule has 4 heteroatoms. The Hall–Kier alpha value is -1.61. The maximum atomic E-state index is 6.26. The monoisotopic (exact) mass is 348 g/mol. The fourth-order valence-electron chi connectivity index (χ4n) is 2.50. The number of rotatable bonds is 6. The van der Waals surface area contributed by atoms with Gasteiger partial charge < -0.3 is 4.74 Å². The summed E-state index contributed by atoms with van der Waals surface area (Å²) in [7, 11) is 0. The molecule has 0 bridgehead atoms. The summed E-state index contributed by atoms with van der Waals surface area (Å²) >= 11 is 6.26. The molecule has 132 valence electrons. The number of pyridine rings is 2. The van der Waals surface area contributed by atoms with E-state index in [1.807, 2.05) is 45.0 Å². The average molecular weight is 349 g/mol. The van der Waals surface area contributed by atoms with Gasteiger partial charge in [-0.25, -0.2) is 4.98 Å². The van der Waals surface area contributed by atoms with E-state index in [0.717, 1.165) is 23.4 Å². The van der Waals surface area contributed by atoms with Gasteiger partial charge in [0.1, 0.15) is 0 Å². The van der Waals surface area contributed by atoms with Gasteiger partial charge in [-0.05, 0) is 49.4 Å². The van der Waals surface area contributed by atoms with Crippen LogP contribution in [0.3, 0.4) is 0 Å². The van der Waals surface area contributed by atoms with Crippen LogP contribution in [-0.4, -0.2) is 16.6 Å². The van der Waals surface area contributed by atoms with Crippen molar-refractivity contribution in [2.45, 2.75) is 48.0 Å². The van der Waals surface area contributed by atoms with E-state index >= 15 is 0 Å². The summed E-state index contributed by atoms with van der Waals surface area (Å²) in [6.07, 6.45) is 2.91. The standard InChI is InChI=1S/C18H23ClN2O.C2H6/c1-12(2)9-13(3)11-22-17-6-5-16(21-18(17)19)15-7-8-20-14(4)10-15;1-2/h5-8,10,12-13H,9,11H2,1-4H3;1-2H3. The number of aromatic nitrogens is 2. The number of hydrogen-bond donors (Lipinski definition) is 0. The Bertz CT molecular complexity index is 629. The topological polar surface area (TPSA) is 35.0 Å². The molecule has 0 saturated heterocycles.